The van der Waals surface area contributed by atoms with Crippen molar-refractivity contribution in [1.82, 2.24) is 39.8 Å². The van der Waals surface area contributed by atoms with Gasteiger partial charge in [-0.3, -0.25) is 44.0 Å². The number of ether oxygens (including phenoxy) is 1. The van der Waals surface area contributed by atoms with Gasteiger partial charge in [0.1, 0.15) is 23.4 Å². The number of amides is 4. The van der Waals surface area contributed by atoms with Gasteiger partial charge < -0.3 is 25.2 Å². The Bertz CT molecular complexity index is 3050. The molecule has 4 amide bonds. The fraction of sp³-hybridized carbons (Fsp3) is 0.360. The SMILES string of the molecule is COc1cc(N2CCN(CCC3CCN(c4cc5c(cc4F)C(=O)N(C4CCC(=O)NC4=O)C5=O)CC3)CC2)c(-c2cnn(C)c2)cc1Nc1ncc(Br)c(Nc2cnc3ccccc3c2P(C)C)n1. The summed E-state index contributed by atoms with van der Waals surface area (Å²) in [5.41, 5.74) is 5.89. The number of aryl methyl sites for hydroxylation is 1. The van der Waals surface area contributed by atoms with Gasteiger partial charge in [0.15, 0.2) is 0 Å². The third-order valence-electron chi connectivity index (χ3n) is 13.8. The molecule has 1 unspecified atom stereocenters. The molecule has 70 heavy (non-hydrogen) atoms. The van der Waals surface area contributed by atoms with E-state index < -0.39 is 43.4 Å². The molecule has 3 aromatic heterocycles. The summed E-state index contributed by atoms with van der Waals surface area (Å²) in [5, 5.41) is 16.0. The number of hydrogen-bond acceptors (Lipinski definition) is 14. The summed E-state index contributed by atoms with van der Waals surface area (Å²) in [4.78, 5) is 72.8. The molecule has 4 aliphatic rings. The van der Waals surface area contributed by atoms with Crippen LogP contribution in [0.3, 0.4) is 0 Å². The Hall–Kier alpha value is -6.56. The minimum Gasteiger partial charge on any atom is -0.494 e. The summed E-state index contributed by atoms with van der Waals surface area (Å²) >= 11 is 3.66. The molecule has 0 aliphatic carbocycles. The van der Waals surface area contributed by atoms with Gasteiger partial charge in [-0.1, -0.05) is 26.1 Å². The molecule has 3 saturated heterocycles. The van der Waals surface area contributed by atoms with Gasteiger partial charge in [-0.2, -0.15) is 10.1 Å². The first-order valence-electron chi connectivity index (χ1n) is 23.4. The van der Waals surface area contributed by atoms with Crippen LogP contribution in [0.25, 0.3) is 22.0 Å². The lowest BCUT2D eigenvalue weighted by atomic mass is 9.92. The van der Waals surface area contributed by atoms with Crippen LogP contribution in [0.2, 0.25) is 0 Å². The first kappa shape index (κ1) is 47.1. The van der Waals surface area contributed by atoms with E-state index in [0.717, 1.165) is 96.4 Å². The molecule has 0 spiro atoms. The minimum absolute atomic E-state index is 0.0173. The molecule has 1 atom stereocenters. The maximum Gasteiger partial charge on any atom is 0.262 e. The van der Waals surface area contributed by atoms with E-state index in [-0.39, 0.29) is 29.7 Å². The topological polar surface area (TPSA) is 183 Å². The van der Waals surface area contributed by atoms with E-state index in [2.05, 4.69) is 83.3 Å². The molecular weight excluding hydrogens is 979 g/mol. The van der Waals surface area contributed by atoms with Crippen LogP contribution >= 0.6 is 23.9 Å². The van der Waals surface area contributed by atoms with Crippen LogP contribution in [0.5, 0.6) is 5.75 Å². The van der Waals surface area contributed by atoms with Crippen molar-refractivity contribution < 1.29 is 28.3 Å². The Labute approximate surface area is 414 Å². The molecule has 3 aromatic carbocycles. The number of fused-ring (bicyclic) bond motifs is 2. The number of benzene rings is 3. The summed E-state index contributed by atoms with van der Waals surface area (Å²) in [5.74, 6) is -0.979. The van der Waals surface area contributed by atoms with E-state index >= 15 is 4.39 Å². The number of aromatic nitrogens is 5. The molecule has 4 aliphatic heterocycles. The fourth-order valence-corrected chi connectivity index (χ4v) is 11.7. The second kappa shape index (κ2) is 19.7. The van der Waals surface area contributed by atoms with Gasteiger partial charge in [0.25, 0.3) is 11.8 Å². The van der Waals surface area contributed by atoms with E-state index in [1.54, 1.807) is 18.0 Å². The van der Waals surface area contributed by atoms with Crippen molar-refractivity contribution >= 4 is 98.2 Å². The zero-order valence-corrected chi connectivity index (χ0v) is 41.8. The van der Waals surface area contributed by atoms with Crippen LogP contribution in [-0.4, -0.2) is 130 Å². The second-order valence-corrected chi connectivity index (χ2v) is 21.5. The molecule has 0 radical (unpaired) electrons. The average molecular weight is 1030 g/mol. The molecular formula is C50H53BrFN12O5P. The van der Waals surface area contributed by atoms with Gasteiger partial charge in [0, 0.05) is 98.7 Å². The molecule has 17 nitrogen and oxygen atoms in total. The lowest BCUT2D eigenvalue weighted by molar-refractivity contribution is -0.136. The Balaban J connectivity index is 0.779. The zero-order valence-electron chi connectivity index (χ0n) is 39.3. The summed E-state index contributed by atoms with van der Waals surface area (Å²) in [6.07, 6.45) is 10.3. The fourth-order valence-electron chi connectivity index (χ4n) is 10.1. The van der Waals surface area contributed by atoms with Crippen LogP contribution in [0, 0.1) is 11.7 Å². The highest BCUT2D eigenvalue weighted by molar-refractivity contribution is 9.10. The smallest absolute Gasteiger partial charge is 0.262 e. The van der Waals surface area contributed by atoms with Gasteiger partial charge in [-0.25, -0.2) is 9.37 Å². The summed E-state index contributed by atoms with van der Waals surface area (Å²) in [6.45, 7) is 10.0. The summed E-state index contributed by atoms with van der Waals surface area (Å²) in [6, 6.07) is 13.8. The number of para-hydroxylation sites is 1. The summed E-state index contributed by atoms with van der Waals surface area (Å²) in [7, 11) is 3.10. The third-order valence-corrected chi connectivity index (χ3v) is 15.8. The number of rotatable bonds is 13. The predicted octanol–water partition coefficient (Wildman–Crippen LogP) is 7.02. The molecule has 3 fully saturated rings. The zero-order chi connectivity index (χ0) is 48.8. The van der Waals surface area contributed by atoms with Gasteiger partial charge in [-0.05, 0) is 91.7 Å². The van der Waals surface area contributed by atoms with E-state index in [9.17, 15) is 19.2 Å². The van der Waals surface area contributed by atoms with Crippen molar-refractivity contribution in [2.24, 2.45) is 13.0 Å². The number of piperazine rings is 1. The largest absolute Gasteiger partial charge is 0.494 e. The highest BCUT2D eigenvalue weighted by Crippen LogP contribution is 2.42. The highest BCUT2D eigenvalue weighted by Gasteiger charge is 2.45. The standard InChI is InChI=1S/C50H53BrFN12O5P/c1-60-28-30(25-55-60)32-22-38(57-50-54-26-35(51)46(59-50)56-39-27-53-37-8-6-5-7-31(37)45(39)70(3)4)43(69-2)24-41(32)63-19-17-61(18-20-63)14-11-29-12-15-62(16-13-29)42-23-34-33(21-36(42)52)48(67)64(49(34)68)40-9-10-44(65)58-47(40)66/h5-8,21-29,40H,9-20H2,1-4H3,(H,58,65,66)(H2,54,56,57,59). The maximum absolute atomic E-state index is 15.6. The quantitative estimate of drug-likeness (QED) is 0.0793. The Kier molecular flexibility index (Phi) is 13.3. The number of hydrogen-bond donors (Lipinski definition) is 3. The van der Waals surface area contributed by atoms with E-state index in [1.165, 1.54) is 11.4 Å². The number of carbonyl (C=O) groups is 4. The molecule has 0 bridgehead atoms. The lowest BCUT2D eigenvalue weighted by Gasteiger charge is -2.39. The van der Waals surface area contributed by atoms with E-state index in [4.69, 9.17) is 14.7 Å². The van der Waals surface area contributed by atoms with Gasteiger partial charge >= 0.3 is 0 Å². The third kappa shape index (κ3) is 9.29. The van der Waals surface area contributed by atoms with Crippen molar-refractivity contribution in [3.63, 3.8) is 0 Å². The number of halogens is 2. The number of nitrogens with zero attached hydrogens (tertiary/aromatic N) is 9. The molecule has 3 N–H and O–H groups in total. The first-order chi connectivity index (χ1) is 33.8. The van der Waals surface area contributed by atoms with E-state index in [0.29, 0.717) is 46.7 Å². The van der Waals surface area contributed by atoms with Gasteiger partial charge in [-0.15, -0.1) is 0 Å². The molecule has 0 saturated carbocycles. The van der Waals surface area contributed by atoms with Crippen molar-refractivity contribution in [2.75, 3.05) is 86.7 Å². The second-order valence-electron chi connectivity index (χ2n) is 18.4. The monoisotopic (exact) mass is 1030 g/mol. The highest BCUT2D eigenvalue weighted by atomic mass is 79.9. The Morgan fingerprint density at radius 2 is 1.59 bits per heavy atom. The normalized spacial score (nSPS) is 18.0. The van der Waals surface area contributed by atoms with E-state index in [1.807, 2.05) is 48.7 Å². The van der Waals surface area contributed by atoms with Crippen LogP contribution in [0.15, 0.2) is 77.8 Å². The van der Waals surface area contributed by atoms with Gasteiger partial charge in [0.2, 0.25) is 17.8 Å². The van der Waals surface area contributed by atoms with Crippen LogP contribution in [-0.2, 0) is 16.6 Å². The van der Waals surface area contributed by atoms with Crippen molar-refractivity contribution in [3.05, 3.63) is 94.7 Å². The number of nitrogens with one attached hydrogen (secondary N) is 3. The van der Waals surface area contributed by atoms with Gasteiger partial charge in [0.05, 0.1) is 57.7 Å². The molecule has 10 rings (SSSR count). The maximum atomic E-state index is 15.6. The Morgan fingerprint density at radius 3 is 2.30 bits per heavy atom. The molecule has 6 aromatic rings. The number of imide groups is 2. The average Bonchev–Trinajstić information content (AvgIpc) is 3.90. The van der Waals surface area contributed by atoms with Crippen LogP contribution in [0.1, 0.15) is 52.8 Å². The number of anilines is 6. The predicted molar refractivity (Wildman–Crippen MR) is 273 cm³/mol. The van der Waals surface area contributed by atoms with Crippen molar-refractivity contribution in [1.29, 1.82) is 0 Å². The minimum atomic E-state index is -1.10. The number of carbonyl (C=O) groups excluding carboxylic acids is 4. The van der Waals surface area contributed by atoms with Crippen molar-refractivity contribution in [2.45, 2.75) is 38.1 Å². The lowest BCUT2D eigenvalue weighted by Crippen LogP contribution is -2.54. The van der Waals surface area contributed by atoms with Crippen molar-refractivity contribution in [3.8, 4) is 16.9 Å². The van der Waals surface area contributed by atoms with Crippen LogP contribution < -0.4 is 35.8 Å². The Morgan fingerprint density at radius 1 is 0.843 bits per heavy atom. The van der Waals surface area contributed by atoms with Crippen LogP contribution in [0.4, 0.5) is 38.9 Å². The number of pyridine rings is 1. The molecule has 20 heteroatoms. The first-order valence-corrected chi connectivity index (χ1v) is 26.5. The number of piperidine rings is 2. The number of methoxy groups -OCH3 is 1. The molecule has 362 valence electrons. The molecule has 7 heterocycles. The summed E-state index contributed by atoms with van der Waals surface area (Å²) < 4.78 is 24.1.